The molecule has 0 radical (unpaired) electrons. The number of ether oxygens (including phenoxy) is 8. The fourth-order valence-corrected chi connectivity index (χ4v) is 6.32. The molecule has 0 aliphatic carbocycles. The van der Waals surface area contributed by atoms with Gasteiger partial charge in [-0.2, -0.15) is 0 Å². The second-order valence-corrected chi connectivity index (χ2v) is 12.9. The smallest absolute Gasteiger partial charge is 0.337 e. The van der Waals surface area contributed by atoms with Crippen molar-refractivity contribution in [2.24, 2.45) is 0 Å². The number of hydrogen-bond acceptors (Lipinski definition) is 12. The van der Waals surface area contributed by atoms with Gasteiger partial charge in [0.2, 0.25) is 0 Å². The van der Waals surface area contributed by atoms with Gasteiger partial charge in [0.1, 0.15) is 42.7 Å². The monoisotopic (exact) mass is 730 g/mol. The lowest BCUT2D eigenvalue weighted by atomic mass is 9.97. The minimum Gasteiger partial charge on any atom is -0.467 e. The summed E-state index contributed by atoms with van der Waals surface area (Å²) in [7, 11) is 1.21. The van der Waals surface area contributed by atoms with Crippen LogP contribution in [0.5, 0.6) is 0 Å². The second-order valence-electron chi connectivity index (χ2n) is 12.9. The topological polar surface area (TPSA) is 152 Å². The molecule has 6 rings (SSSR count). The average Bonchev–Trinajstić information content (AvgIpc) is 3.20. The SMILES string of the molecule is COC(=O)C1O[C@H](OCC2O[C@H](O)[C@H](OCc3ccccc3)C(O)[C@@H]2OCc2ccccc2)[C@H](OCc2ccccc2)C(O)[C@@H]1OCc1ccccc1. The van der Waals surface area contributed by atoms with Gasteiger partial charge < -0.3 is 53.2 Å². The van der Waals surface area contributed by atoms with Gasteiger partial charge in [-0.1, -0.05) is 121 Å². The molecule has 12 nitrogen and oxygen atoms in total. The molecule has 0 spiro atoms. The number of aliphatic hydroxyl groups is 3. The van der Waals surface area contributed by atoms with E-state index in [0.717, 1.165) is 22.3 Å². The van der Waals surface area contributed by atoms with Gasteiger partial charge in [0.15, 0.2) is 18.7 Å². The van der Waals surface area contributed by atoms with Gasteiger partial charge in [-0.25, -0.2) is 4.79 Å². The van der Waals surface area contributed by atoms with Crippen LogP contribution in [0.1, 0.15) is 22.3 Å². The third-order valence-corrected chi connectivity index (χ3v) is 9.15. The van der Waals surface area contributed by atoms with E-state index in [2.05, 4.69) is 0 Å². The lowest BCUT2D eigenvalue weighted by Gasteiger charge is -2.45. The zero-order valence-electron chi connectivity index (χ0n) is 29.4. The molecule has 4 aromatic carbocycles. The van der Waals surface area contributed by atoms with Crippen molar-refractivity contribution in [1.29, 1.82) is 0 Å². The third kappa shape index (κ3) is 10.3. The van der Waals surface area contributed by atoms with E-state index < -0.39 is 67.4 Å². The number of hydrogen-bond donors (Lipinski definition) is 3. The molecule has 3 N–H and O–H groups in total. The quantitative estimate of drug-likeness (QED) is 0.144. The Morgan fingerprint density at radius 3 is 1.38 bits per heavy atom. The Hall–Kier alpha value is -4.05. The molecule has 0 saturated carbocycles. The number of carbonyl (C=O) groups is 1. The average molecular weight is 731 g/mol. The van der Waals surface area contributed by atoms with E-state index >= 15 is 0 Å². The summed E-state index contributed by atoms with van der Waals surface area (Å²) in [6.07, 6.45) is -12.6. The van der Waals surface area contributed by atoms with Gasteiger partial charge in [0.05, 0.1) is 40.1 Å². The molecule has 4 unspecified atom stereocenters. The van der Waals surface area contributed by atoms with Crippen molar-refractivity contribution in [1.82, 2.24) is 0 Å². The Labute approximate surface area is 308 Å². The summed E-state index contributed by atoms with van der Waals surface area (Å²) in [5.41, 5.74) is 3.35. The van der Waals surface area contributed by atoms with E-state index in [1.54, 1.807) is 0 Å². The van der Waals surface area contributed by atoms with Crippen molar-refractivity contribution in [3.63, 3.8) is 0 Å². The minimum absolute atomic E-state index is 0.0793. The highest BCUT2D eigenvalue weighted by Crippen LogP contribution is 2.31. The number of methoxy groups -OCH3 is 1. The molecule has 10 atom stereocenters. The second kappa shape index (κ2) is 19.3. The summed E-state index contributed by atoms with van der Waals surface area (Å²) in [5.74, 6) is -0.778. The lowest BCUT2D eigenvalue weighted by Crippen LogP contribution is -2.63. The first kappa shape index (κ1) is 38.7. The molecule has 2 aliphatic rings. The van der Waals surface area contributed by atoms with Crippen molar-refractivity contribution >= 4 is 5.97 Å². The zero-order valence-corrected chi connectivity index (χ0v) is 29.4. The van der Waals surface area contributed by atoms with Gasteiger partial charge in [-0.3, -0.25) is 0 Å². The van der Waals surface area contributed by atoms with Crippen LogP contribution >= 0.6 is 0 Å². The molecule has 4 aromatic rings. The Kier molecular flexibility index (Phi) is 14.1. The molecule has 282 valence electrons. The molecule has 0 bridgehead atoms. The van der Waals surface area contributed by atoms with Crippen LogP contribution in [0, 0.1) is 0 Å². The van der Waals surface area contributed by atoms with Crippen molar-refractivity contribution in [3.8, 4) is 0 Å². The van der Waals surface area contributed by atoms with E-state index in [0.29, 0.717) is 0 Å². The standard InChI is InChI=1S/C41H46O12/c1-46-39(44)38-35(48-23-28-16-8-3-9-17-28)33(43)37(50-25-30-20-12-5-13-21-30)41(53-38)51-26-31-34(47-22-27-14-6-2-7-15-27)32(42)36(40(45)52-31)49-24-29-18-10-4-11-19-29/h2-21,31-38,40-43,45H,22-26H2,1H3/t31?,32?,33?,34-,35+,36-,37-,38?,40+,41+/m1/s1. The molecular weight excluding hydrogens is 684 g/mol. The van der Waals surface area contributed by atoms with Crippen molar-refractivity contribution in [3.05, 3.63) is 144 Å². The minimum atomic E-state index is -1.54. The first-order valence-electron chi connectivity index (χ1n) is 17.6. The van der Waals surface area contributed by atoms with Crippen molar-refractivity contribution in [2.75, 3.05) is 13.7 Å². The van der Waals surface area contributed by atoms with Crippen LogP contribution in [0.2, 0.25) is 0 Å². The molecule has 2 fully saturated rings. The molecule has 0 aromatic heterocycles. The Balaban J connectivity index is 1.21. The zero-order chi connectivity index (χ0) is 37.0. The summed E-state index contributed by atoms with van der Waals surface area (Å²) >= 11 is 0. The van der Waals surface area contributed by atoms with Gasteiger partial charge in [0.25, 0.3) is 0 Å². The maximum absolute atomic E-state index is 13.1. The van der Waals surface area contributed by atoms with Crippen LogP contribution < -0.4 is 0 Å². The molecule has 12 heteroatoms. The van der Waals surface area contributed by atoms with Crippen molar-refractivity contribution < 1.29 is 58.0 Å². The van der Waals surface area contributed by atoms with Gasteiger partial charge in [0, 0.05) is 0 Å². The maximum Gasteiger partial charge on any atom is 0.337 e. The molecule has 2 aliphatic heterocycles. The molecular formula is C41H46O12. The number of carbonyl (C=O) groups excluding carboxylic acids is 1. The predicted molar refractivity (Wildman–Crippen MR) is 190 cm³/mol. The van der Waals surface area contributed by atoms with Crippen LogP contribution in [0.25, 0.3) is 0 Å². The summed E-state index contributed by atoms with van der Waals surface area (Å²) in [6, 6.07) is 37.4. The normalized spacial score (nSPS) is 28.7. The van der Waals surface area contributed by atoms with Crippen LogP contribution in [0.4, 0.5) is 0 Å². The predicted octanol–water partition coefficient (Wildman–Crippen LogP) is 3.68. The van der Waals surface area contributed by atoms with Crippen LogP contribution in [-0.2, 0) is 69.1 Å². The first-order valence-corrected chi connectivity index (χ1v) is 17.6. The highest BCUT2D eigenvalue weighted by molar-refractivity contribution is 5.75. The van der Waals surface area contributed by atoms with Crippen LogP contribution in [0.15, 0.2) is 121 Å². The third-order valence-electron chi connectivity index (χ3n) is 9.15. The van der Waals surface area contributed by atoms with Crippen LogP contribution in [0.3, 0.4) is 0 Å². The van der Waals surface area contributed by atoms with E-state index in [-0.39, 0.29) is 33.0 Å². The van der Waals surface area contributed by atoms with Gasteiger partial charge in [-0.05, 0) is 22.3 Å². The summed E-state index contributed by atoms with van der Waals surface area (Å²) < 4.78 is 47.9. The van der Waals surface area contributed by atoms with E-state index in [9.17, 15) is 20.1 Å². The number of benzene rings is 4. The van der Waals surface area contributed by atoms with Gasteiger partial charge >= 0.3 is 5.97 Å². The Morgan fingerprint density at radius 1 is 0.528 bits per heavy atom. The Morgan fingerprint density at radius 2 is 0.925 bits per heavy atom. The van der Waals surface area contributed by atoms with Gasteiger partial charge in [-0.15, -0.1) is 0 Å². The Bertz CT molecular complexity index is 1650. The molecule has 2 saturated heterocycles. The number of esters is 1. The van der Waals surface area contributed by atoms with E-state index in [1.165, 1.54) is 7.11 Å². The first-order chi connectivity index (χ1) is 25.9. The van der Waals surface area contributed by atoms with Crippen molar-refractivity contribution in [2.45, 2.75) is 87.8 Å². The highest BCUT2D eigenvalue weighted by Gasteiger charge is 2.52. The van der Waals surface area contributed by atoms with E-state index in [4.69, 9.17) is 37.9 Å². The van der Waals surface area contributed by atoms with E-state index in [1.807, 2.05) is 121 Å². The fourth-order valence-electron chi connectivity index (χ4n) is 6.32. The molecule has 0 amide bonds. The summed E-state index contributed by atoms with van der Waals surface area (Å²) in [5, 5.41) is 34.4. The maximum atomic E-state index is 13.1. The highest BCUT2D eigenvalue weighted by atomic mass is 16.7. The van der Waals surface area contributed by atoms with Crippen LogP contribution in [-0.4, -0.2) is 96.4 Å². The summed E-state index contributed by atoms with van der Waals surface area (Å²) in [4.78, 5) is 13.1. The molecule has 2 heterocycles. The lowest BCUT2D eigenvalue weighted by molar-refractivity contribution is -0.337. The fraction of sp³-hybridized carbons (Fsp3) is 0.390. The molecule has 53 heavy (non-hydrogen) atoms. The summed E-state index contributed by atoms with van der Waals surface area (Å²) in [6.45, 7) is 0.101. The number of aliphatic hydroxyl groups excluding tert-OH is 3. The number of rotatable bonds is 16. The largest absolute Gasteiger partial charge is 0.467 e.